The highest BCUT2D eigenvalue weighted by atomic mass is 16.1. The molecule has 3 rings (SSSR count). The van der Waals surface area contributed by atoms with Crippen molar-refractivity contribution in [1.29, 1.82) is 0 Å². The van der Waals surface area contributed by atoms with Crippen molar-refractivity contribution in [2.24, 2.45) is 5.92 Å². The lowest BCUT2D eigenvalue weighted by Crippen LogP contribution is -2.56. The van der Waals surface area contributed by atoms with Crippen LogP contribution >= 0.6 is 0 Å². The first-order valence-corrected chi connectivity index (χ1v) is 8.25. The molecule has 0 spiro atoms. The molecule has 3 aliphatic rings. The zero-order chi connectivity index (χ0) is 13.2. The number of ketones is 1. The Bertz CT molecular complexity index is 331. The molecule has 2 aliphatic heterocycles. The molecule has 3 heteroatoms. The maximum Gasteiger partial charge on any atom is 0.137 e. The van der Waals surface area contributed by atoms with Crippen LogP contribution in [0.15, 0.2) is 0 Å². The van der Waals surface area contributed by atoms with E-state index in [9.17, 15) is 4.79 Å². The number of rotatable bonds is 2. The van der Waals surface area contributed by atoms with E-state index in [4.69, 9.17) is 0 Å². The van der Waals surface area contributed by atoms with Gasteiger partial charge in [0, 0.05) is 44.1 Å². The molecule has 0 radical (unpaired) electrons. The van der Waals surface area contributed by atoms with Crippen molar-refractivity contribution in [2.75, 3.05) is 26.2 Å². The fourth-order valence-corrected chi connectivity index (χ4v) is 4.21. The first-order valence-electron chi connectivity index (χ1n) is 8.25. The SMILES string of the molecule is CC1CN2CCCC2CN1CC1CCCCCC1=O. The quantitative estimate of drug-likeness (QED) is 0.715. The summed E-state index contributed by atoms with van der Waals surface area (Å²) in [5.74, 6) is 0.872. The fourth-order valence-electron chi connectivity index (χ4n) is 4.21. The molecule has 0 N–H and O–H groups in total. The predicted molar refractivity (Wildman–Crippen MR) is 77.2 cm³/mol. The molecule has 0 aromatic heterocycles. The minimum absolute atomic E-state index is 0.331. The number of hydrogen-bond donors (Lipinski definition) is 0. The second-order valence-electron chi connectivity index (χ2n) is 6.86. The minimum atomic E-state index is 0.331. The van der Waals surface area contributed by atoms with E-state index in [0.717, 1.165) is 31.8 Å². The molecular weight excluding hydrogens is 236 g/mol. The van der Waals surface area contributed by atoms with Gasteiger partial charge >= 0.3 is 0 Å². The molecule has 2 heterocycles. The van der Waals surface area contributed by atoms with E-state index >= 15 is 0 Å². The second-order valence-corrected chi connectivity index (χ2v) is 6.86. The van der Waals surface area contributed by atoms with Crippen LogP contribution in [0.3, 0.4) is 0 Å². The molecule has 3 nitrogen and oxygen atoms in total. The monoisotopic (exact) mass is 264 g/mol. The standard InChI is InChI=1S/C16H28N2O/c1-13-10-17-9-5-7-15(17)12-18(13)11-14-6-3-2-4-8-16(14)19/h13-15H,2-12H2,1H3. The lowest BCUT2D eigenvalue weighted by molar-refractivity contribution is -0.123. The lowest BCUT2D eigenvalue weighted by Gasteiger charge is -2.43. The number of nitrogens with zero attached hydrogens (tertiary/aromatic N) is 2. The fraction of sp³-hybridized carbons (Fsp3) is 0.938. The van der Waals surface area contributed by atoms with Crippen LogP contribution in [0.4, 0.5) is 0 Å². The molecule has 0 aromatic carbocycles. The summed E-state index contributed by atoms with van der Waals surface area (Å²) in [6.45, 7) is 7.09. The van der Waals surface area contributed by atoms with Crippen LogP contribution in [0, 0.1) is 5.92 Å². The van der Waals surface area contributed by atoms with E-state index in [1.165, 1.54) is 45.3 Å². The average molecular weight is 264 g/mol. The smallest absolute Gasteiger partial charge is 0.137 e. The summed E-state index contributed by atoms with van der Waals surface area (Å²) >= 11 is 0. The Kier molecular flexibility index (Phi) is 4.23. The molecule has 0 aromatic rings. The number of carbonyl (C=O) groups excluding carboxylic acids is 1. The molecule has 0 bridgehead atoms. The molecule has 3 unspecified atom stereocenters. The molecule has 0 amide bonds. The predicted octanol–water partition coefficient (Wildman–Crippen LogP) is 2.30. The normalized spacial score (nSPS) is 38.2. The van der Waals surface area contributed by atoms with Crippen LogP contribution in [0.2, 0.25) is 0 Å². The van der Waals surface area contributed by atoms with Gasteiger partial charge in [-0.1, -0.05) is 12.8 Å². The maximum absolute atomic E-state index is 12.2. The van der Waals surface area contributed by atoms with Crippen molar-refractivity contribution < 1.29 is 4.79 Å². The third-order valence-corrected chi connectivity index (χ3v) is 5.45. The zero-order valence-corrected chi connectivity index (χ0v) is 12.3. The summed E-state index contributed by atoms with van der Waals surface area (Å²) in [5.41, 5.74) is 0. The number of piperazine rings is 1. The van der Waals surface area contributed by atoms with Crippen LogP contribution in [0.1, 0.15) is 51.9 Å². The van der Waals surface area contributed by atoms with Gasteiger partial charge in [0.25, 0.3) is 0 Å². The van der Waals surface area contributed by atoms with Crippen molar-refractivity contribution in [1.82, 2.24) is 9.80 Å². The molecule has 108 valence electrons. The molecule has 2 saturated heterocycles. The van der Waals surface area contributed by atoms with Gasteiger partial charge in [0.1, 0.15) is 5.78 Å². The second kappa shape index (κ2) is 5.92. The number of fused-ring (bicyclic) bond motifs is 1. The summed E-state index contributed by atoms with van der Waals surface area (Å²) < 4.78 is 0. The Morgan fingerprint density at radius 2 is 2.00 bits per heavy atom. The van der Waals surface area contributed by atoms with Gasteiger partial charge in [-0.3, -0.25) is 14.6 Å². The van der Waals surface area contributed by atoms with Gasteiger partial charge in [-0.25, -0.2) is 0 Å². The summed E-state index contributed by atoms with van der Waals surface area (Å²) in [7, 11) is 0. The van der Waals surface area contributed by atoms with E-state index in [1.54, 1.807) is 0 Å². The topological polar surface area (TPSA) is 23.6 Å². The van der Waals surface area contributed by atoms with Gasteiger partial charge in [0.05, 0.1) is 0 Å². The van der Waals surface area contributed by atoms with Gasteiger partial charge < -0.3 is 0 Å². The van der Waals surface area contributed by atoms with Gasteiger partial charge in [-0.2, -0.15) is 0 Å². The zero-order valence-electron chi connectivity index (χ0n) is 12.3. The van der Waals surface area contributed by atoms with Gasteiger partial charge in [0.2, 0.25) is 0 Å². The van der Waals surface area contributed by atoms with E-state index in [1.807, 2.05) is 0 Å². The molecule has 19 heavy (non-hydrogen) atoms. The Labute approximate surface area is 117 Å². The Hall–Kier alpha value is -0.410. The highest BCUT2D eigenvalue weighted by Crippen LogP contribution is 2.27. The largest absolute Gasteiger partial charge is 0.299 e. The van der Waals surface area contributed by atoms with Crippen LogP contribution in [-0.4, -0.2) is 53.8 Å². The summed E-state index contributed by atoms with van der Waals surface area (Å²) in [6.07, 6.45) is 8.35. The van der Waals surface area contributed by atoms with Crippen LogP contribution in [0.25, 0.3) is 0 Å². The highest BCUT2D eigenvalue weighted by Gasteiger charge is 2.35. The summed E-state index contributed by atoms with van der Waals surface area (Å²) in [5, 5.41) is 0. The molecule has 3 atom stereocenters. The number of hydrogen-bond acceptors (Lipinski definition) is 3. The third-order valence-electron chi connectivity index (χ3n) is 5.45. The summed E-state index contributed by atoms with van der Waals surface area (Å²) in [6, 6.07) is 1.41. The Morgan fingerprint density at radius 3 is 2.89 bits per heavy atom. The van der Waals surface area contributed by atoms with Gasteiger partial charge in [-0.15, -0.1) is 0 Å². The van der Waals surface area contributed by atoms with E-state index < -0.39 is 0 Å². The van der Waals surface area contributed by atoms with Crippen LogP contribution in [-0.2, 0) is 4.79 Å². The van der Waals surface area contributed by atoms with Crippen LogP contribution in [0.5, 0.6) is 0 Å². The average Bonchev–Trinajstić information content (AvgIpc) is 2.74. The minimum Gasteiger partial charge on any atom is -0.299 e. The molecule has 1 saturated carbocycles. The summed E-state index contributed by atoms with van der Waals surface area (Å²) in [4.78, 5) is 17.5. The first-order chi connectivity index (χ1) is 9.24. The van der Waals surface area contributed by atoms with Crippen molar-refractivity contribution >= 4 is 5.78 Å². The van der Waals surface area contributed by atoms with E-state index in [-0.39, 0.29) is 0 Å². The highest BCUT2D eigenvalue weighted by molar-refractivity contribution is 5.81. The van der Waals surface area contributed by atoms with Gasteiger partial charge in [0.15, 0.2) is 0 Å². The maximum atomic E-state index is 12.2. The Morgan fingerprint density at radius 1 is 1.11 bits per heavy atom. The molecular formula is C16H28N2O. The molecule has 1 aliphatic carbocycles. The first kappa shape index (κ1) is 13.6. The van der Waals surface area contributed by atoms with E-state index in [0.29, 0.717) is 17.7 Å². The van der Waals surface area contributed by atoms with Crippen LogP contribution < -0.4 is 0 Å². The lowest BCUT2D eigenvalue weighted by atomic mass is 9.96. The number of carbonyl (C=O) groups is 1. The number of Topliss-reactive ketones (excluding diaryl/α,β-unsaturated/α-hetero) is 1. The van der Waals surface area contributed by atoms with Crippen molar-refractivity contribution in [2.45, 2.75) is 64.0 Å². The third kappa shape index (κ3) is 3.03. The van der Waals surface area contributed by atoms with E-state index in [2.05, 4.69) is 16.7 Å². The van der Waals surface area contributed by atoms with Crippen molar-refractivity contribution in [3.63, 3.8) is 0 Å². The molecule has 3 fully saturated rings. The van der Waals surface area contributed by atoms with Gasteiger partial charge in [-0.05, 0) is 39.2 Å². The van der Waals surface area contributed by atoms with Crippen molar-refractivity contribution in [3.8, 4) is 0 Å². The van der Waals surface area contributed by atoms with Crippen molar-refractivity contribution in [3.05, 3.63) is 0 Å². The Balaban J connectivity index is 1.60.